The third-order valence-corrected chi connectivity index (χ3v) is 4.35. The van der Waals surface area contributed by atoms with Crippen molar-refractivity contribution in [2.24, 2.45) is 0 Å². The minimum Gasteiger partial charge on any atom is -0.479 e. The number of carboxylic acids is 1. The normalized spacial score (nSPS) is 11.7. The van der Waals surface area contributed by atoms with Crippen LogP contribution < -0.4 is 0 Å². The number of hydrogen-bond donors (Lipinski definition) is 1. The molecule has 0 spiro atoms. The van der Waals surface area contributed by atoms with Gasteiger partial charge in [-0.25, -0.2) is 14.0 Å². The van der Waals surface area contributed by atoms with Crippen LogP contribution in [0.15, 0.2) is 53.0 Å². The summed E-state index contributed by atoms with van der Waals surface area (Å²) in [6.07, 6.45) is -0.227. The molecule has 1 amide bonds. The summed E-state index contributed by atoms with van der Waals surface area (Å²) in [7, 11) is 0. The Hall–Kier alpha value is -2.41. The number of aliphatic carboxylic acids is 1. The van der Waals surface area contributed by atoms with Crippen molar-refractivity contribution in [3.8, 4) is 0 Å². The minimum atomic E-state index is -1.33. The molecule has 5 nitrogen and oxygen atoms in total. The van der Waals surface area contributed by atoms with E-state index in [1.54, 1.807) is 12.1 Å². The number of carbonyl (C=O) groups is 2. The molecule has 2 rings (SSSR count). The Morgan fingerprint density at radius 1 is 1.23 bits per heavy atom. The van der Waals surface area contributed by atoms with Crippen molar-refractivity contribution in [3.63, 3.8) is 0 Å². The predicted molar refractivity (Wildman–Crippen MR) is 98.1 cm³/mol. The molecule has 26 heavy (non-hydrogen) atoms. The molecule has 0 aliphatic heterocycles. The van der Waals surface area contributed by atoms with Gasteiger partial charge in [0, 0.05) is 6.54 Å². The Kier molecular flexibility index (Phi) is 7.15. The van der Waals surface area contributed by atoms with Gasteiger partial charge >= 0.3 is 12.1 Å². The fourth-order valence-electron chi connectivity index (χ4n) is 2.51. The van der Waals surface area contributed by atoms with Crippen LogP contribution >= 0.6 is 15.9 Å². The van der Waals surface area contributed by atoms with Crippen molar-refractivity contribution in [2.75, 3.05) is 6.54 Å². The van der Waals surface area contributed by atoms with Crippen molar-refractivity contribution in [3.05, 3.63) is 69.9 Å². The van der Waals surface area contributed by atoms with Crippen molar-refractivity contribution in [1.82, 2.24) is 4.90 Å². The summed E-state index contributed by atoms with van der Waals surface area (Å²) >= 11 is 3.04. The number of carboxylic acid groups (broad SMARTS) is 1. The largest absolute Gasteiger partial charge is 0.479 e. The van der Waals surface area contributed by atoms with E-state index in [0.717, 1.165) is 16.5 Å². The van der Waals surface area contributed by atoms with Gasteiger partial charge in [0.15, 0.2) is 6.04 Å². The first-order valence-electron chi connectivity index (χ1n) is 8.09. The molecule has 2 aromatic carbocycles. The van der Waals surface area contributed by atoms with Gasteiger partial charge in [0.2, 0.25) is 0 Å². The third kappa shape index (κ3) is 5.05. The van der Waals surface area contributed by atoms with Gasteiger partial charge in [-0.2, -0.15) is 0 Å². The number of nitrogens with zero attached hydrogens (tertiary/aromatic N) is 1. The summed E-state index contributed by atoms with van der Waals surface area (Å²) in [5, 5.41) is 9.63. The van der Waals surface area contributed by atoms with E-state index in [1.807, 2.05) is 25.1 Å². The van der Waals surface area contributed by atoms with Crippen molar-refractivity contribution in [2.45, 2.75) is 26.0 Å². The van der Waals surface area contributed by atoms with Gasteiger partial charge in [-0.3, -0.25) is 4.90 Å². The molecule has 1 unspecified atom stereocenters. The number of ether oxygens (including phenoxy) is 1. The lowest BCUT2D eigenvalue weighted by Crippen LogP contribution is -2.40. The molecular formula is C19H19BrFNO4. The Morgan fingerprint density at radius 2 is 1.92 bits per heavy atom. The monoisotopic (exact) mass is 423 g/mol. The van der Waals surface area contributed by atoms with Crippen molar-refractivity contribution in [1.29, 1.82) is 0 Å². The van der Waals surface area contributed by atoms with E-state index in [2.05, 4.69) is 15.9 Å². The van der Waals surface area contributed by atoms with Crippen LogP contribution in [0, 0.1) is 5.82 Å². The lowest BCUT2D eigenvalue weighted by Gasteiger charge is -2.28. The molecule has 0 saturated heterocycles. The standard InChI is InChI=1S/C19H19BrFNO4/c1-2-10-22(19(25)26-12-13-6-4-3-5-7-13)17(18(23)24)14-8-9-15(20)16(21)11-14/h3-9,11,17H,2,10,12H2,1H3,(H,23,24). The third-order valence-electron chi connectivity index (χ3n) is 3.71. The highest BCUT2D eigenvalue weighted by atomic mass is 79.9. The molecule has 0 aromatic heterocycles. The first kappa shape index (κ1) is 19.9. The molecular weight excluding hydrogens is 405 g/mol. The lowest BCUT2D eigenvalue weighted by molar-refractivity contribution is -0.143. The summed E-state index contributed by atoms with van der Waals surface area (Å²) in [6, 6.07) is 11.7. The van der Waals surface area contributed by atoms with Gasteiger partial charge in [-0.05, 0) is 45.6 Å². The number of halogens is 2. The molecule has 2 aromatic rings. The van der Waals surface area contributed by atoms with Crippen LogP contribution in [0.5, 0.6) is 0 Å². The van der Waals surface area contributed by atoms with Gasteiger partial charge in [0.05, 0.1) is 4.47 Å². The topological polar surface area (TPSA) is 66.8 Å². The van der Waals surface area contributed by atoms with Gasteiger partial charge in [-0.1, -0.05) is 43.3 Å². The van der Waals surface area contributed by atoms with Crippen LogP contribution in [-0.4, -0.2) is 28.6 Å². The second-order valence-electron chi connectivity index (χ2n) is 5.65. The fraction of sp³-hybridized carbons (Fsp3) is 0.263. The number of benzene rings is 2. The van der Waals surface area contributed by atoms with Gasteiger partial charge in [0.1, 0.15) is 12.4 Å². The molecule has 0 bridgehead atoms. The molecule has 0 saturated carbocycles. The van der Waals surface area contributed by atoms with E-state index >= 15 is 0 Å². The van der Waals surface area contributed by atoms with E-state index < -0.39 is 23.9 Å². The van der Waals surface area contributed by atoms with Crippen molar-refractivity contribution >= 4 is 28.0 Å². The predicted octanol–water partition coefficient (Wildman–Crippen LogP) is 4.76. The highest BCUT2D eigenvalue weighted by Gasteiger charge is 2.32. The molecule has 0 fully saturated rings. The van der Waals surface area contributed by atoms with Crippen molar-refractivity contribution < 1.29 is 23.8 Å². The molecule has 138 valence electrons. The maximum Gasteiger partial charge on any atom is 0.411 e. The molecule has 1 N–H and O–H groups in total. The molecule has 1 atom stereocenters. The zero-order valence-electron chi connectivity index (χ0n) is 14.2. The van der Waals surface area contributed by atoms with E-state index in [-0.39, 0.29) is 23.2 Å². The SMILES string of the molecule is CCCN(C(=O)OCc1ccccc1)C(C(=O)O)c1ccc(Br)c(F)c1. The van der Waals surface area contributed by atoms with Crippen LogP contribution in [0.1, 0.15) is 30.5 Å². The fourth-order valence-corrected chi connectivity index (χ4v) is 2.75. The summed E-state index contributed by atoms with van der Waals surface area (Å²) < 4.78 is 19.3. The first-order chi connectivity index (χ1) is 12.4. The van der Waals surface area contributed by atoms with Gasteiger partial charge in [-0.15, -0.1) is 0 Å². The zero-order valence-corrected chi connectivity index (χ0v) is 15.8. The molecule has 0 aliphatic carbocycles. The Labute approximate surface area is 159 Å². The Balaban J connectivity index is 2.23. The highest BCUT2D eigenvalue weighted by molar-refractivity contribution is 9.10. The van der Waals surface area contributed by atoms with Crippen LogP contribution in [0.2, 0.25) is 0 Å². The molecule has 0 aliphatic rings. The first-order valence-corrected chi connectivity index (χ1v) is 8.88. The van der Waals surface area contributed by atoms with Gasteiger partial charge in [0.25, 0.3) is 0 Å². The van der Waals surface area contributed by atoms with E-state index in [0.29, 0.717) is 6.42 Å². The van der Waals surface area contributed by atoms with E-state index in [1.165, 1.54) is 12.1 Å². The quantitative estimate of drug-likeness (QED) is 0.696. The smallest absolute Gasteiger partial charge is 0.411 e. The zero-order chi connectivity index (χ0) is 19.1. The Bertz CT molecular complexity index is 769. The summed E-state index contributed by atoms with van der Waals surface area (Å²) in [4.78, 5) is 25.4. The van der Waals surface area contributed by atoms with E-state index in [9.17, 15) is 19.1 Å². The maximum atomic E-state index is 13.8. The van der Waals surface area contributed by atoms with Crippen LogP contribution in [0.3, 0.4) is 0 Å². The second-order valence-corrected chi connectivity index (χ2v) is 6.50. The summed E-state index contributed by atoms with van der Waals surface area (Å²) in [5.74, 6) is -1.85. The van der Waals surface area contributed by atoms with Crippen LogP contribution in [0.4, 0.5) is 9.18 Å². The minimum absolute atomic E-state index is 0.0287. The lowest BCUT2D eigenvalue weighted by atomic mass is 10.1. The Morgan fingerprint density at radius 3 is 2.50 bits per heavy atom. The van der Waals surface area contributed by atoms with Crippen LogP contribution in [0.25, 0.3) is 0 Å². The number of carbonyl (C=O) groups excluding carboxylic acids is 1. The molecule has 0 heterocycles. The van der Waals surface area contributed by atoms with E-state index in [4.69, 9.17) is 4.74 Å². The number of rotatable bonds is 7. The maximum absolute atomic E-state index is 13.8. The average Bonchev–Trinajstić information content (AvgIpc) is 2.63. The second kappa shape index (κ2) is 9.33. The molecule has 7 heteroatoms. The summed E-state index contributed by atoms with van der Waals surface area (Å²) in [6.45, 7) is 2.02. The van der Waals surface area contributed by atoms with Crippen LogP contribution in [-0.2, 0) is 16.1 Å². The summed E-state index contributed by atoms with van der Waals surface area (Å²) in [5.41, 5.74) is 0.960. The molecule has 0 radical (unpaired) electrons. The number of amides is 1. The average molecular weight is 424 g/mol. The highest BCUT2D eigenvalue weighted by Crippen LogP contribution is 2.26. The number of hydrogen-bond acceptors (Lipinski definition) is 3. The van der Waals surface area contributed by atoms with Gasteiger partial charge < -0.3 is 9.84 Å².